The Hall–Kier alpha value is -1.39. The first kappa shape index (κ1) is 16.6. The summed E-state index contributed by atoms with van der Waals surface area (Å²) in [5.74, 6) is -0.910. The lowest BCUT2D eigenvalue weighted by atomic mass is 10.0. The number of allylic oxidation sites excluding steroid dienone is 1. The lowest BCUT2D eigenvalue weighted by Crippen LogP contribution is -2.45. The van der Waals surface area contributed by atoms with E-state index in [0.29, 0.717) is 6.42 Å². The predicted molar refractivity (Wildman–Crippen MR) is 67.8 cm³/mol. The highest BCUT2D eigenvalue weighted by atomic mass is 19.1. The molecule has 0 bridgehead atoms. The minimum atomic E-state index is -1.55. The predicted octanol–water partition coefficient (Wildman–Crippen LogP) is 2.14. The summed E-state index contributed by atoms with van der Waals surface area (Å²) in [6, 6.07) is -0.942. The maximum absolute atomic E-state index is 13.6. The molecule has 0 aliphatic rings. The van der Waals surface area contributed by atoms with E-state index in [4.69, 9.17) is 4.74 Å². The van der Waals surface area contributed by atoms with Gasteiger partial charge in [-0.2, -0.15) is 0 Å². The van der Waals surface area contributed by atoms with E-state index in [-0.39, 0.29) is 25.4 Å². The summed E-state index contributed by atoms with van der Waals surface area (Å²) in [5, 5.41) is 2.49. The van der Waals surface area contributed by atoms with Gasteiger partial charge in [-0.3, -0.25) is 4.79 Å². The molecule has 1 atom stereocenters. The number of carbonyl (C=O) groups excluding carboxylic acids is 2. The summed E-state index contributed by atoms with van der Waals surface area (Å²) in [6.07, 6.45) is 2.25. The Morgan fingerprint density at radius 1 is 1.50 bits per heavy atom. The van der Waals surface area contributed by atoms with Crippen LogP contribution < -0.4 is 5.32 Å². The van der Waals surface area contributed by atoms with E-state index in [1.54, 1.807) is 13.0 Å². The number of rotatable bonds is 8. The monoisotopic (exact) mass is 259 g/mol. The van der Waals surface area contributed by atoms with Gasteiger partial charge in [-0.15, -0.1) is 6.58 Å². The number of hydrogen-bond acceptors (Lipinski definition) is 3. The topological polar surface area (TPSA) is 55.4 Å². The molecule has 0 rings (SSSR count). The van der Waals surface area contributed by atoms with Crippen LogP contribution in [0.5, 0.6) is 0 Å². The third kappa shape index (κ3) is 7.81. The van der Waals surface area contributed by atoms with Crippen molar-refractivity contribution in [1.82, 2.24) is 5.32 Å². The summed E-state index contributed by atoms with van der Waals surface area (Å²) in [5.41, 5.74) is -1.55. The van der Waals surface area contributed by atoms with Crippen molar-refractivity contribution in [3.63, 3.8) is 0 Å². The van der Waals surface area contributed by atoms with E-state index in [0.717, 1.165) is 0 Å². The quantitative estimate of drug-likeness (QED) is 0.536. The van der Waals surface area contributed by atoms with Crippen LogP contribution in [0.1, 0.15) is 40.0 Å². The molecule has 4 nitrogen and oxygen atoms in total. The molecule has 0 aliphatic heterocycles. The highest BCUT2D eigenvalue weighted by molar-refractivity contribution is 5.84. The first-order valence-electron chi connectivity index (χ1n) is 6.06. The number of nitrogens with one attached hydrogen (secondary N) is 1. The fourth-order valence-corrected chi connectivity index (χ4v) is 1.42. The second-order valence-corrected chi connectivity index (χ2v) is 4.62. The van der Waals surface area contributed by atoms with Gasteiger partial charge in [0.1, 0.15) is 11.7 Å². The summed E-state index contributed by atoms with van der Waals surface area (Å²) in [7, 11) is 0. The Balaban J connectivity index is 4.51. The first-order chi connectivity index (χ1) is 8.30. The molecule has 0 spiro atoms. The molecule has 0 aromatic carbocycles. The third-order valence-electron chi connectivity index (χ3n) is 2.17. The number of hydrogen-bond donors (Lipinski definition) is 1. The van der Waals surface area contributed by atoms with Crippen LogP contribution >= 0.6 is 0 Å². The molecule has 0 saturated heterocycles. The maximum Gasteiger partial charge on any atom is 0.328 e. The van der Waals surface area contributed by atoms with Crippen LogP contribution in [0.15, 0.2) is 12.7 Å². The number of amides is 1. The number of esters is 1. The van der Waals surface area contributed by atoms with E-state index in [1.165, 1.54) is 13.8 Å². The van der Waals surface area contributed by atoms with Crippen molar-refractivity contribution in [3.8, 4) is 0 Å². The summed E-state index contributed by atoms with van der Waals surface area (Å²) < 4.78 is 18.4. The largest absolute Gasteiger partial charge is 0.464 e. The zero-order valence-corrected chi connectivity index (χ0v) is 11.3. The normalized spacial score (nSPS) is 12.7. The van der Waals surface area contributed by atoms with Gasteiger partial charge in [0.05, 0.1) is 6.61 Å². The van der Waals surface area contributed by atoms with Gasteiger partial charge < -0.3 is 10.1 Å². The molecule has 0 aromatic heterocycles. The van der Waals surface area contributed by atoms with E-state index in [2.05, 4.69) is 11.9 Å². The van der Waals surface area contributed by atoms with Crippen molar-refractivity contribution < 1.29 is 18.7 Å². The second kappa shape index (κ2) is 7.84. The first-order valence-corrected chi connectivity index (χ1v) is 6.06. The zero-order valence-electron chi connectivity index (χ0n) is 11.3. The van der Waals surface area contributed by atoms with E-state index in [1.807, 2.05) is 0 Å². The Morgan fingerprint density at radius 2 is 2.11 bits per heavy atom. The molecule has 5 heteroatoms. The van der Waals surface area contributed by atoms with Crippen LogP contribution in [0.4, 0.5) is 4.39 Å². The fraction of sp³-hybridized carbons (Fsp3) is 0.692. The standard InChI is InChI=1S/C13H22FNO3/c1-5-7-8-11(16)15-10(9-13(3,4)14)12(17)18-6-2/h5,10H,1,6-9H2,2-4H3,(H,15,16). The number of alkyl halides is 1. The summed E-state index contributed by atoms with van der Waals surface area (Å²) in [4.78, 5) is 23.1. The molecule has 1 N–H and O–H groups in total. The van der Waals surface area contributed by atoms with Crippen molar-refractivity contribution in [2.75, 3.05) is 6.61 Å². The zero-order chi connectivity index (χ0) is 14.2. The molecular formula is C13H22FNO3. The van der Waals surface area contributed by atoms with Crippen LogP contribution in [0.2, 0.25) is 0 Å². The van der Waals surface area contributed by atoms with Crippen molar-refractivity contribution in [1.29, 1.82) is 0 Å². The van der Waals surface area contributed by atoms with Crippen molar-refractivity contribution >= 4 is 11.9 Å². The second-order valence-electron chi connectivity index (χ2n) is 4.62. The van der Waals surface area contributed by atoms with E-state index >= 15 is 0 Å². The van der Waals surface area contributed by atoms with Gasteiger partial charge in [0, 0.05) is 12.8 Å². The Labute approximate surface area is 108 Å². The molecule has 18 heavy (non-hydrogen) atoms. The smallest absolute Gasteiger partial charge is 0.328 e. The lowest BCUT2D eigenvalue weighted by molar-refractivity contribution is -0.148. The summed E-state index contributed by atoms with van der Waals surface area (Å²) >= 11 is 0. The Morgan fingerprint density at radius 3 is 2.56 bits per heavy atom. The van der Waals surface area contributed by atoms with Crippen LogP contribution in [0.3, 0.4) is 0 Å². The SMILES string of the molecule is C=CCCC(=O)NC(CC(C)(C)F)C(=O)OCC. The van der Waals surface area contributed by atoms with Crippen molar-refractivity contribution in [2.24, 2.45) is 0 Å². The van der Waals surface area contributed by atoms with Crippen LogP contribution in [0.25, 0.3) is 0 Å². The molecule has 0 aromatic rings. The van der Waals surface area contributed by atoms with E-state index in [9.17, 15) is 14.0 Å². The molecule has 104 valence electrons. The van der Waals surface area contributed by atoms with E-state index < -0.39 is 17.7 Å². The average molecular weight is 259 g/mol. The number of carbonyl (C=O) groups is 2. The number of ether oxygens (including phenoxy) is 1. The van der Waals surface area contributed by atoms with Gasteiger partial charge in [-0.1, -0.05) is 6.08 Å². The van der Waals surface area contributed by atoms with Crippen LogP contribution in [-0.2, 0) is 14.3 Å². The number of halogens is 1. The van der Waals surface area contributed by atoms with Crippen molar-refractivity contribution in [3.05, 3.63) is 12.7 Å². The molecule has 0 fully saturated rings. The maximum atomic E-state index is 13.6. The molecular weight excluding hydrogens is 237 g/mol. The van der Waals surface area contributed by atoms with Crippen molar-refractivity contribution in [2.45, 2.75) is 51.7 Å². The Bertz CT molecular complexity index is 297. The molecule has 0 aliphatic carbocycles. The highest BCUT2D eigenvalue weighted by Crippen LogP contribution is 2.17. The van der Waals surface area contributed by atoms with Gasteiger partial charge in [-0.25, -0.2) is 9.18 Å². The molecule has 0 radical (unpaired) electrons. The summed E-state index contributed by atoms with van der Waals surface area (Å²) in [6.45, 7) is 8.08. The third-order valence-corrected chi connectivity index (χ3v) is 2.17. The van der Waals surface area contributed by atoms with Gasteiger partial charge in [0.25, 0.3) is 0 Å². The molecule has 1 unspecified atom stereocenters. The molecule has 0 heterocycles. The van der Waals surface area contributed by atoms with Gasteiger partial charge in [-0.05, 0) is 27.2 Å². The minimum Gasteiger partial charge on any atom is -0.464 e. The van der Waals surface area contributed by atoms with Gasteiger partial charge in [0.2, 0.25) is 5.91 Å². The minimum absolute atomic E-state index is 0.105. The molecule has 0 saturated carbocycles. The molecule has 1 amide bonds. The fourth-order valence-electron chi connectivity index (χ4n) is 1.42. The van der Waals surface area contributed by atoms with Crippen LogP contribution in [-0.4, -0.2) is 30.2 Å². The van der Waals surface area contributed by atoms with Crippen LogP contribution in [0, 0.1) is 0 Å². The Kier molecular flexibility index (Phi) is 7.24. The lowest BCUT2D eigenvalue weighted by Gasteiger charge is -2.22. The highest BCUT2D eigenvalue weighted by Gasteiger charge is 2.29. The van der Waals surface area contributed by atoms with Gasteiger partial charge >= 0.3 is 5.97 Å². The van der Waals surface area contributed by atoms with Gasteiger partial charge in [0.15, 0.2) is 0 Å². The average Bonchev–Trinajstić information content (AvgIpc) is 2.24.